The maximum Gasteiger partial charge on any atom is 0.250 e. The maximum atomic E-state index is 12.2. The van der Waals surface area contributed by atoms with E-state index in [0.717, 1.165) is 25.4 Å². The molecule has 0 fully saturated rings. The summed E-state index contributed by atoms with van der Waals surface area (Å²) < 4.78 is 13.2. The van der Waals surface area contributed by atoms with Gasteiger partial charge in [-0.05, 0) is 18.2 Å². The van der Waals surface area contributed by atoms with Gasteiger partial charge < -0.3 is 9.47 Å². The second-order valence-electron chi connectivity index (χ2n) is 5.83. The van der Waals surface area contributed by atoms with Crippen molar-refractivity contribution in [1.82, 2.24) is 9.97 Å². The van der Waals surface area contributed by atoms with E-state index in [1.165, 1.54) is 17.4 Å². The number of thiazole rings is 2. The van der Waals surface area contributed by atoms with Crippen LogP contribution in [0.4, 0.5) is 5.13 Å². The first-order valence-electron chi connectivity index (χ1n) is 8.29. The largest absolute Gasteiger partial charge is 0.486 e. The number of hydrogen-bond acceptors (Lipinski definition) is 7. The van der Waals surface area contributed by atoms with Crippen molar-refractivity contribution in [2.45, 2.75) is 0 Å². The third-order valence-electron chi connectivity index (χ3n) is 3.97. The Morgan fingerprint density at radius 2 is 1.81 bits per heavy atom. The predicted molar refractivity (Wildman–Crippen MR) is 108 cm³/mol. The molecule has 0 atom stereocenters. The van der Waals surface area contributed by atoms with E-state index < -0.39 is 0 Å². The zero-order valence-electron chi connectivity index (χ0n) is 14.0. The second-order valence-corrected chi connectivity index (χ2v) is 7.92. The second kappa shape index (κ2) is 6.64. The molecule has 0 saturated heterocycles. The molecule has 134 valence electrons. The molecule has 5 rings (SSSR count). The van der Waals surface area contributed by atoms with Gasteiger partial charge in [0.1, 0.15) is 18.2 Å². The van der Waals surface area contributed by atoms with Crippen molar-refractivity contribution >= 4 is 60.2 Å². The van der Waals surface area contributed by atoms with Gasteiger partial charge in [-0.25, -0.2) is 9.97 Å². The standard InChI is InChI=1S/C19H13N3O3S2/c23-17(5-6-18-20-11-3-1-2-4-15(11)26-18)22-19-21-12-9-13-14(10-16(12)27-19)25-8-7-24-13/h1-6,9-10H,7-8H2,(H,21,22,23)/b6-5+. The minimum absolute atomic E-state index is 0.245. The first-order valence-corrected chi connectivity index (χ1v) is 9.93. The van der Waals surface area contributed by atoms with Crippen LogP contribution in [0.15, 0.2) is 42.5 Å². The molecule has 1 amide bonds. The Kier molecular flexibility index (Phi) is 3.99. The molecule has 0 unspecified atom stereocenters. The first-order chi connectivity index (χ1) is 13.2. The topological polar surface area (TPSA) is 73.3 Å². The van der Waals surface area contributed by atoms with E-state index >= 15 is 0 Å². The fraction of sp³-hybridized carbons (Fsp3) is 0.105. The highest BCUT2D eigenvalue weighted by atomic mass is 32.1. The van der Waals surface area contributed by atoms with E-state index in [1.807, 2.05) is 36.4 Å². The van der Waals surface area contributed by atoms with Crippen molar-refractivity contribution in [3.05, 3.63) is 47.5 Å². The minimum atomic E-state index is -0.245. The number of rotatable bonds is 3. The molecule has 1 aliphatic rings. The van der Waals surface area contributed by atoms with Gasteiger partial charge in [0, 0.05) is 18.2 Å². The van der Waals surface area contributed by atoms with Crippen LogP contribution < -0.4 is 14.8 Å². The Balaban J connectivity index is 1.34. The number of nitrogens with zero attached hydrogens (tertiary/aromatic N) is 2. The average Bonchev–Trinajstić information content (AvgIpc) is 3.26. The fourth-order valence-corrected chi connectivity index (χ4v) is 4.52. The number of carbonyl (C=O) groups is 1. The Bertz CT molecular complexity index is 1120. The Morgan fingerprint density at radius 3 is 2.67 bits per heavy atom. The minimum Gasteiger partial charge on any atom is -0.486 e. The highest BCUT2D eigenvalue weighted by molar-refractivity contribution is 7.22. The lowest BCUT2D eigenvalue weighted by Gasteiger charge is -2.17. The van der Waals surface area contributed by atoms with E-state index in [-0.39, 0.29) is 5.91 Å². The Labute approximate surface area is 162 Å². The molecule has 8 heteroatoms. The predicted octanol–water partition coefficient (Wildman–Crippen LogP) is 4.33. The third-order valence-corrected chi connectivity index (χ3v) is 5.91. The van der Waals surface area contributed by atoms with Crippen LogP contribution in [0.25, 0.3) is 26.5 Å². The van der Waals surface area contributed by atoms with Gasteiger partial charge in [-0.15, -0.1) is 11.3 Å². The smallest absolute Gasteiger partial charge is 0.250 e. The molecule has 1 N–H and O–H groups in total. The summed E-state index contributed by atoms with van der Waals surface area (Å²) in [6, 6.07) is 11.6. The summed E-state index contributed by atoms with van der Waals surface area (Å²) in [5.41, 5.74) is 1.71. The summed E-state index contributed by atoms with van der Waals surface area (Å²) in [4.78, 5) is 21.2. The molecule has 0 spiro atoms. The van der Waals surface area contributed by atoms with Gasteiger partial charge in [0.15, 0.2) is 16.6 Å². The summed E-state index contributed by atoms with van der Waals surface area (Å²) in [6.45, 7) is 1.07. The number of fused-ring (bicyclic) bond motifs is 3. The number of amides is 1. The number of carbonyl (C=O) groups excluding carboxylic acids is 1. The molecule has 2 aromatic carbocycles. The van der Waals surface area contributed by atoms with Crippen molar-refractivity contribution in [2.24, 2.45) is 0 Å². The van der Waals surface area contributed by atoms with E-state index in [9.17, 15) is 4.79 Å². The number of ether oxygens (including phenoxy) is 2. The average molecular weight is 395 g/mol. The van der Waals surface area contributed by atoms with Crippen LogP contribution in [0, 0.1) is 0 Å². The summed E-state index contributed by atoms with van der Waals surface area (Å²) >= 11 is 2.94. The molecule has 6 nitrogen and oxygen atoms in total. The lowest BCUT2D eigenvalue weighted by molar-refractivity contribution is -0.111. The highest BCUT2D eigenvalue weighted by Gasteiger charge is 2.15. The molecule has 0 radical (unpaired) electrons. The summed E-state index contributed by atoms with van der Waals surface area (Å²) in [7, 11) is 0. The number of aromatic nitrogens is 2. The van der Waals surface area contributed by atoms with Gasteiger partial charge in [0.05, 0.1) is 20.4 Å². The molecule has 0 saturated carbocycles. The van der Waals surface area contributed by atoms with E-state index in [1.54, 1.807) is 17.4 Å². The van der Waals surface area contributed by atoms with Crippen molar-refractivity contribution in [3.8, 4) is 11.5 Å². The van der Waals surface area contributed by atoms with Crippen LogP contribution in [0.3, 0.4) is 0 Å². The van der Waals surface area contributed by atoms with Gasteiger partial charge in [-0.2, -0.15) is 0 Å². The lowest BCUT2D eigenvalue weighted by atomic mass is 10.3. The van der Waals surface area contributed by atoms with Crippen molar-refractivity contribution in [1.29, 1.82) is 0 Å². The number of anilines is 1. The van der Waals surface area contributed by atoms with Crippen LogP contribution in [0.5, 0.6) is 11.5 Å². The van der Waals surface area contributed by atoms with Crippen molar-refractivity contribution in [2.75, 3.05) is 18.5 Å². The highest BCUT2D eigenvalue weighted by Crippen LogP contribution is 2.37. The molecule has 0 bridgehead atoms. The van der Waals surface area contributed by atoms with Gasteiger partial charge in [0.2, 0.25) is 5.91 Å². The van der Waals surface area contributed by atoms with Gasteiger partial charge in [0.25, 0.3) is 0 Å². The molecule has 2 aromatic heterocycles. The Hall–Kier alpha value is -2.97. The van der Waals surface area contributed by atoms with Crippen LogP contribution in [-0.4, -0.2) is 29.1 Å². The molecule has 0 aliphatic carbocycles. The third kappa shape index (κ3) is 3.24. The summed E-state index contributed by atoms with van der Waals surface area (Å²) in [5.74, 6) is 1.16. The number of nitrogens with one attached hydrogen (secondary N) is 1. The fourth-order valence-electron chi connectivity index (χ4n) is 2.77. The van der Waals surface area contributed by atoms with E-state index in [0.29, 0.717) is 29.8 Å². The van der Waals surface area contributed by atoms with Crippen LogP contribution in [0.2, 0.25) is 0 Å². The lowest BCUT2D eigenvalue weighted by Crippen LogP contribution is -2.15. The van der Waals surface area contributed by atoms with Crippen molar-refractivity contribution in [3.63, 3.8) is 0 Å². The maximum absolute atomic E-state index is 12.2. The molecular weight excluding hydrogens is 382 g/mol. The first kappa shape index (κ1) is 16.2. The van der Waals surface area contributed by atoms with Crippen LogP contribution in [-0.2, 0) is 4.79 Å². The zero-order chi connectivity index (χ0) is 18.2. The Morgan fingerprint density at radius 1 is 1.00 bits per heavy atom. The summed E-state index contributed by atoms with van der Waals surface area (Å²) in [5, 5.41) is 4.13. The van der Waals surface area contributed by atoms with E-state index in [4.69, 9.17) is 9.47 Å². The number of hydrogen-bond donors (Lipinski definition) is 1. The summed E-state index contributed by atoms with van der Waals surface area (Å²) in [6.07, 6.45) is 3.19. The van der Waals surface area contributed by atoms with Crippen molar-refractivity contribution < 1.29 is 14.3 Å². The molecule has 1 aliphatic heterocycles. The molecule has 27 heavy (non-hydrogen) atoms. The normalized spacial score (nSPS) is 13.5. The monoisotopic (exact) mass is 395 g/mol. The quantitative estimate of drug-likeness (QED) is 0.523. The van der Waals surface area contributed by atoms with Gasteiger partial charge >= 0.3 is 0 Å². The van der Waals surface area contributed by atoms with E-state index in [2.05, 4.69) is 15.3 Å². The molecule has 4 aromatic rings. The zero-order valence-corrected chi connectivity index (χ0v) is 15.6. The van der Waals surface area contributed by atoms with Gasteiger partial charge in [-0.3, -0.25) is 10.1 Å². The SMILES string of the molecule is O=C(/C=C/c1nc2ccccc2s1)Nc1nc2cc3c(cc2s1)OCCO3. The number of benzene rings is 2. The molecule has 3 heterocycles. The van der Waals surface area contributed by atoms with Crippen LogP contribution >= 0.6 is 22.7 Å². The molecular formula is C19H13N3O3S2. The van der Waals surface area contributed by atoms with Gasteiger partial charge in [-0.1, -0.05) is 23.5 Å². The van der Waals surface area contributed by atoms with Crippen LogP contribution in [0.1, 0.15) is 5.01 Å². The number of para-hydroxylation sites is 1.